The molecule has 0 aromatic carbocycles. The first-order valence-corrected chi connectivity index (χ1v) is 8.28. The first kappa shape index (κ1) is 16.4. The number of hydrogen-bond donors (Lipinski definition) is 1. The number of rotatable bonds is 4. The smallest absolute Gasteiger partial charge is 0.219 e. The zero-order valence-electron chi connectivity index (χ0n) is 13.7. The van der Waals surface area contributed by atoms with E-state index in [4.69, 9.17) is 9.47 Å². The number of carbonyl (C=O) groups excluding carboxylic acids is 1. The van der Waals surface area contributed by atoms with Crippen LogP contribution in [-0.4, -0.2) is 60.3 Å². The van der Waals surface area contributed by atoms with Crippen molar-refractivity contribution in [2.75, 3.05) is 32.8 Å². The third-order valence-corrected chi connectivity index (χ3v) is 4.58. The molecule has 1 N–H and O–H groups in total. The molecule has 2 aliphatic heterocycles. The Balaban J connectivity index is 1.50. The van der Waals surface area contributed by atoms with Crippen LogP contribution in [0.2, 0.25) is 0 Å². The molecule has 126 valence electrons. The van der Waals surface area contributed by atoms with Crippen LogP contribution in [0.5, 0.6) is 0 Å². The number of nitrogens with zero attached hydrogens (tertiary/aromatic N) is 2. The van der Waals surface area contributed by atoms with Gasteiger partial charge in [-0.2, -0.15) is 0 Å². The predicted octanol–water partition coefficient (Wildman–Crippen LogP) is 0.968. The summed E-state index contributed by atoms with van der Waals surface area (Å²) < 4.78 is 12.0. The van der Waals surface area contributed by atoms with E-state index in [1.54, 1.807) is 19.3 Å². The summed E-state index contributed by atoms with van der Waals surface area (Å²) in [6.45, 7) is 5.71. The second kappa shape index (κ2) is 7.38. The standard InChI is InChI=1S/C17H25N3O3/c1-14(21)20-8-9-22-13-17(12-20)5-2-16(23-17)11-19-10-15-3-6-18-7-4-15/h3-4,6-7,16,19H,2,5,8-13H2,1H3/t16-,17-/m0/s1. The predicted molar refractivity (Wildman–Crippen MR) is 85.9 cm³/mol. The fraction of sp³-hybridized carbons (Fsp3) is 0.647. The minimum absolute atomic E-state index is 0.0951. The highest BCUT2D eigenvalue weighted by atomic mass is 16.6. The lowest BCUT2D eigenvalue weighted by Crippen LogP contribution is -2.46. The molecule has 2 atom stereocenters. The molecule has 3 rings (SSSR count). The fourth-order valence-electron chi connectivity index (χ4n) is 3.31. The molecule has 0 unspecified atom stereocenters. The molecule has 3 heterocycles. The Morgan fingerprint density at radius 1 is 1.48 bits per heavy atom. The van der Waals surface area contributed by atoms with Gasteiger partial charge < -0.3 is 19.7 Å². The van der Waals surface area contributed by atoms with Gasteiger partial charge >= 0.3 is 0 Å². The average Bonchev–Trinajstić information content (AvgIpc) is 2.81. The zero-order chi connectivity index (χ0) is 16.1. The fourth-order valence-corrected chi connectivity index (χ4v) is 3.31. The van der Waals surface area contributed by atoms with Gasteiger partial charge in [0.15, 0.2) is 0 Å². The van der Waals surface area contributed by atoms with Gasteiger partial charge in [0.1, 0.15) is 5.60 Å². The molecule has 2 fully saturated rings. The van der Waals surface area contributed by atoms with E-state index in [1.807, 2.05) is 17.0 Å². The Kier molecular flexibility index (Phi) is 5.25. The highest BCUT2D eigenvalue weighted by Gasteiger charge is 2.43. The zero-order valence-corrected chi connectivity index (χ0v) is 13.7. The van der Waals surface area contributed by atoms with Crippen LogP contribution in [0.1, 0.15) is 25.3 Å². The van der Waals surface area contributed by atoms with Crippen molar-refractivity contribution in [1.82, 2.24) is 15.2 Å². The van der Waals surface area contributed by atoms with Crippen LogP contribution < -0.4 is 5.32 Å². The van der Waals surface area contributed by atoms with Crippen LogP contribution >= 0.6 is 0 Å². The Bertz CT molecular complexity index is 525. The molecule has 0 saturated carbocycles. The van der Waals surface area contributed by atoms with Crippen molar-refractivity contribution in [2.45, 2.75) is 38.0 Å². The molecule has 0 aliphatic carbocycles. The van der Waals surface area contributed by atoms with E-state index in [2.05, 4.69) is 10.3 Å². The molecule has 1 amide bonds. The lowest BCUT2D eigenvalue weighted by Gasteiger charge is -2.31. The van der Waals surface area contributed by atoms with Crippen molar-refractivity contribution < 1.29 is 14.3 Å². The minimum Gasteiger partial charge on any atom is -0.377 e. The van der Waals surface area contributed by atoms with Gasteiger partial charge in [-0.15, -0.1) is 0 Å². The second-order valence-corrected chi connectivity index (χ2v) is 6.44. The summed E-state index contributed by atoms with van der Waals surface area (Å²) in [5.74, 6) is 0.0951. The lowest BCUT2D eigenvalue weighted by molar-refractivity contribution is -0.133. The summed E-state index contributed by atoms with van der Waals surface area (Å²) in [5.41, 5.74) is 0.888. The highest BCUT2D eigenvalue weighted by Crippen LogP contribution is 2.32. The van der Waals surface area contributed by atoms with Crippen LogP contribution in [-0.2, 0) is 20.8 Å². The van der Waals surface area contributed by atoms with Crippen molar-refractivity contribution in [2.24, 2.45) is 0 Å². The Morgan fingerprint density at radius 2 is 2.30 bits per heavy atom. The van der Waals surface area contributed by atoms with E-state index in [9.17, 15) is 4.79 Å². The van der Waals surface area contributed by atoms with E-state index in [1.165, 1.54) is 5.56 Å². The van der Waals surface area contributed by atoms with Crippen molar-refractivity contribution in [3.05, 3.63) is 30.1 Å². The van der Waals surface area contributed by atoms with E-state index >= 15 is 0 Å². The van der Waals surface area contributed by atoms with Crippen molar-refractivity contribution in [3.8, 4) is 0 Å². The molecule has 23 heavy (non-hydrogen) atoms. The van der Waals surface area contributed by atoms with Crippen molar-refractivity contribution in [1.29, 1.82) is 0 Å². The van der Waals surface area contributed by atoms with Gasteiger partial charge in [-0.1, -0.05) is 0 Å². The van der Waals surface area contributed by atoms with Crippen LogP contribution in [0.15, 0.2) is 24.5 Å². The number of carbonyl (C=O) groups is 1. The van der Waals surface area contributed by atoms with Gasteiger partial charge in [0, 0.05) is 39.0 Å². The molecule has 0 radical (unpaired) electrons. The van der Waals surface area contributed by atoms with Crippen LogP contribution in [0, 0.1) is 0 Å². The number of ether oxygens (including phenoxy) is 2. The number of pyridine rings is 1. The third-order valence-electron chi connectivity index (χ3n) is 4.58. The van der Waals surface area contributed by atoms with Crippen LogP contribution in [0.4, 0.5) is 0 Å². The molecular weight excluding hydrogens is 294 g/mol. The Hall–Kier alpha value is -1.50. The number of nitrogens with one attached hydrogen (secondary N) is 1. The summed E-state index contributed by atoms with van der Waals surface area (Å²) in [6.07, 6.45) is 5.72. The number of amides is 1. The van der Waals surface area contributed by atoms with Crippen molar-refractivity contribution in [3.63, 3.8) is 0 Å². The topological polar surface area (TPSA) is 63.7 Å². The summed E-state index contributed by atoms with van der Waals surface area (Å²) in [4.78, 5) is 17.6. The quantitative estimate of drug-likeness (QED) is 0.896. The number of aromatic nitrogens is 1. The van der Waals surface area contributed by atoms with Gasteiger partial charge in [0.05, 0.1) is 25.9 Å². The molecule has 1 aromatic rings. The highest BCUT2D eigenvalue weighted by molar-refractivity contribution is 5.73. The number of hydrogen-bond acceptors (Lipinski definition) is 5. The molecular formula is C17H25N3O3. The van der Waals surface area contributed by atoms with Gasteiger partial charge in [-0.25, -0.2) is 0 Å². The molecule has 6 heteroatoms. The van der Waals surface area contributed by atoms with E-state index in [0.29, 0.717) is 26.3 Å². The molecule has 2 saturated heterocycles. The SMILES string of the molecule is CC(=O)N1CCOC[C@]2(CC[C@@H](CNCc3ccncc3)O2)C1. The van der Waals surface area contributed by atoms with Gasteiger partial charge in [0.2, 0.25) is 5.91 Å². The molecule has 0 bridgehead atoms. The Labute approximate surface area is 137 Å². The molecule has 1 spiro atoms. The van der Waals surface area contributed by atoms with Gasteiger partial charge in [0.25, 0.3) is 0 Å². The second-order valence-electron chi connectivity index (χ2n) is 6.44. The summed E-state index contributed by atoms with van der Waals surface area (Å²) >= 11 is 0. The Morgan fingerprint density at radius 3 is 3.09 bits per heavy atom. The van der Waals surface area contributed by atoms with E-state index < -0.39 is 0 Å². The van der Waals surface area contributed by atoms with Gasteiger partial charge in [-0.05, 0) is 30.5 Å². The van der Waals surface area contributed by atoms with Crippen molar-refractivity contribution >= 4 is 5.91 Å². The summed E-state index contributed by atoms with van der Waals surface area (Å²) in [7, 11) is 0. The maximum atomic E-state index is 11.7. The van der Waals surface area contributed by atoms with E-state index in [0.717, 1.165) is 25.9 Å². The first-order valence-electron chi connectivity index (χ1n) is 8.28. The largest absolute Gasteiger partial charge is 0.377 e. The summed E-state index contributed by atoms with van der Waals surface area (Å²) in [5, 5.41) is 3.44. The first-order chi connectivity index (χ1) is 11.2. The van der Waals surface area contributed by atoms with Crippen LogP contribution in [0.25, 0.3) is 0 Å². The summed E-state index contributed by atoms with van der Waals surface area (Å²) in [6, 6.07) is 4.02. The molecule has 2 aliphatic rings. The lowest BCUT2D eigenvalue weighted by atomic mass is 10.00. The molecule has 1 aromatic heterocycles. The van der Waals surface area contributed by atoms with Crippen LogP contribution in [0.3, 0.4) is 0 Å². The minimum atomic E-state index is -0.328. The average molecular weight is 319 g/mol. The monoisotopic (exact) mass is 319 g/mol. The normalized spacial score (nSPS) is 28.0. The molecule has 6 nitrogen and oxygen atoms in total. The third kappa shape index (κ3) is 4.28. The maximum Gasteiger partial charge on any atom is 0.219 e. The maximum absolute atomic E-state index is 11.7. The van der Waals surface area contributed by atoms with Gasteiger partial charge in [-0.3, -0.25) is 9.78 Å². The van der Waals surface area contributed by atoms with E-state index in [-0.39, 0.29) is 17.6 Å².